The monoisotopic (exact) mass is 445 g/mol. The third-order valence-corrected chi connectivity index (χ3v) is 6.84. The van der Waals surface area contributed by atoms with Crippen molar-refractivity contribution < 1.29 is 13.2 Å². The fourth-order valence-electron chi connectivity index (χ4n) is 3.86. The van der Waals surface area contributed by atoms with E-state index in [1.54, 1.807) is 47.4 Å². The molecule has 0 aliphatic carbocycles. The number of halogens is 1. The first-order chi connectivity index (χ1) is 14.3. The Morgan fingerprint density at radius 2 is 1.87 bits per heavy atom. The van der Waals surface area contributed by atoms with E-state index in [0.29, 0.717) is 23.6 Å². The van der Waals surface area contributed by atoms with E-state index in [0.717, 1.165) is 10.4 Å². The van der Waals surface area contributed by atoms with Gasteiger partial charge in [0.1, 0.15) is 0 Å². The molecule has 2 amide bonds. The van der Waals surface area contributed by atoms with Gasteiger partial charge in [-0.25, -0.2) is 9.63 Å². The number of rotatable bonds is 5. The largest absolute Gasteiger partial charge is 0.351 e. The van der Waals surface area contributed by atoms with Crippen LogP contribution in [0.4, 0.5) is 4.79 Å². The number of benzene rings is 2. The molecule has 156 valence electrons. The Kier molecular flexibility index (Phi) is 5.40. The Labute approximate surface area is 179 Å². The van der Waals surface area contributed by atoms with Crippen LogP contribution < -0.4 is 10.6 Å². The van der Waals surface area contributed by atoms with E-state index < -0.39 is 16.1 Å². The van der Waals surface area contributed by atoms with Crippen LogP contribution in [0.1, 0.15) is 29.5 Å². The van der Waals surface area contributed by atoms with Crippen molar-refractivity contribution in [3.63, 3.8) is 0 Å². The quantitative estimate of drug-likeness (QED) is 0.628. The number of amides is 2. The first-order valence-corrected chi connectivity index (χ1v) is 11.1. The molecule has 2 aromatic carbocycles. The van der Waals surface area contributed by atoms with Gasteiger partial charge in [-0.1, -0.05) is 41.9 Å². The molecular formula is C20H20ClN5O3S. The van der Waals surface area contributed by atoms with Gasteiger partial charge in [0.25, 0.3) is 10.0 Å². The van der Waals surface area contributed by atoms with Crippen molar-refractivity contribution in [3.05, 3.63) is 83.1 Å². The maximum absolute atomic E-state index is 13.0. The van der Waals surface area contributed by atoms with Gasteiger partial charge in [0.2, 0.25) is 0 Å². The smallest absolute Gasteiger partial charge is 0.315 e. The van der Waals surface area contributed by atoms with Gasteiger partial charge in [-0.2, -0.15) is 18.3 Å². The lowest BCUT2D eigenvalue weighted by Crippen LogP contribution is -2.35. The average Bonchev–Trinajstić information content (AvgIpc) is 3.38. The van der Waals surface area contributed by atoms with Gasteiger partial charge in [0.05, 0.1) is 17.1 Å². The lowest BCUT2D eigenvalue weighted by atomic mass is 9.94. The number of sulfonamides is 1. The fraction of sp³-hybridized carbons (Fsp3) is 0.200. The number of primary amides is 1. The molecule has 30 heavy (non-hydrogen) atoms. The van der Waals surface area contributed by atoms with Crippen molar-refractivity contribution in [2.24, 2.45) is 5.73 Å². The Morgan fingerprint density at radius 1 is 1.13 bits per heavy atom. The summed E-state index contributed by atoms with van der Waals surface area (Å²) in [7, 11) is -3.88. The molecule has 3 aromatic rings. The summed E-state index contributed by atoms with van der Waals surface area (Å²) in [5.74, 6) is -0.205. The topological polar surface area (TPSA) is 110 Å². The molecule has 2 unspecified atom stereocenters. The molecule has 0 saturated carbocycles. The van der Waals surface area contributed by atoms with Crippen LogP contribution >= 0.6 is 11.6 Å². The predicted molar refractivity (Wildman–Crippen MR) is 113 cm³/mol. The van der Waals surface area contributed by atoms with Crippen molar-refractivity contribution in [1.29, 1.82) is 0 Å². The highest BCUT2D eigenvalue weighted by Gasteiger charge is 2.38. The number of nitrogens with two attached hydrogens (primary N) is 1. The van der Waals surface area contributed by atoms with Gasteiger partial charge in [0, 0.05) is 23.7 Å². The van der Waals surface area contributed by atoms with E-state index in [4.69, 9.17) is 17.3 Å². The molecule has 10 heteroatoms. The van der Waals surface area contributed by atoms with Crippen LogP contribution in [-0.2, 0) is 10.0 Å². The lowest BCUT2D eigenvalue weighted by molar-refractivity contribution is 0.202. The molecule has 1 aliphatic rings. The standard InChI is InChI=1S/C20H20ClN5O3S/c21-16-8-6-14(7-9-16)18-12-15(13-25(18)20(22)27)17-4-1-2-5-19(17)30(28,29)24-26-11-3-10-23-26/h1-11,15,18,24H,12-13H2,(H2,22,27). The number of urea groups is 1. The summed E-state index contributed by atoms with van der Waals surface area (Å²) >= 11 is 5.99. The maximum Gasteiger partial charge on any atom is 0.315 e. The van der Waals surface area contributed by atoms with Gasteiger partial charge in [-0.05, 0) is 41.8 Å². The molecule has 0 radical (unpaired) electrons. The molecule has 0 bridgehead atoms. The van der Waals surface area contributed by atoms with Crippen LogP contribution in [0.5, 0.6) is 0 Å². The minimum atomic E-state index is -3.88. The summed E-state index contributed by atoms with van der Waals surface area (Å²) in [6.07, 6.45) is 3.52. The number of nitrogens with zero attached hydrogens (tertiary/aromatic N) is 3. The third-order valence-electron chi connectivity index (χ3n) is 5.21. The number of carbonyl (C=O) groups excluding carboxylic acids is 1. The SMILES string of the molecule is NC(=O)N1CC(c2ccccc2S(=O)(=O)Nn2cccn2)CC1c1ccc(Cl)cc1. The van der Waals surface area contributed by atoms with E-state index in [1.807, 2.05) is 12.1 Å². The number of likely N-dealkylation sites (tertiary alicyclic amines) is 1. The highest BCUT2D eigenvalue weighted by Crippen LogP contribution is 2.42. The Bertz CT molecular complexity index is 1150. The second kappa shape index (κ2) is 8.00. The van der Waals surface area contributed by atoms with Crippen LogP contribution in [0.15, 0.2) is 71.9 Å². The van der Waals surface area contributed by atoms with Crippen molar-refractivity contribution in [2.75, 3.05) is 11.4 Å². The molecule has 0 spiro atoms. The number of aromatic nitrogens is 2. The molecule has 1 saturated heterocycles. The van der Waals surface area contributed by atoms with Crippen molar-refractivity contribution >= 4 is 27.7 Å². The fourth-order valence-corrected chi connectivity index (χ4v) is 5.24. The summed E-state index contributed by atoms with van der Waals surface area (Å²) in [5, 5.41) is 4.49. The number of nitrogens with one attached hydrogen (secondary N) is 1. The van der Waals surface area contributed by atoms with Gasteiger partial charge >= 0.3 is 6.03 Å². The molecule has 2 atom stereocenters. The third kappa shape index (κ3) is 3.99. The second-order valence-corrected chi connectivity index (χ2v) is 9.14. The van der Waals surface area contributed by atoms with Crippen LogP contribution in [0.3, 0.4) is 0 Å². The van der Waals surface area contributed by atoms with Crippen molar-refractivity contribution in [3.8, 4) is 0 Å². The lowest BCUT2D eigenvalue weighted by Gasteiger charge is -2.22. The minimum Gasteiger partial charge on any atom is -0.351 e. The van der Waals surface area contributed by atoms with E-state index in [1.165, 1.54) is 12.4 Å². The van der Waals surface area contributed by atoms with Crippen LogP contribution in [0.25, 0.3) is 0 Å². The zero-order valence-corrected chi connectivity index (χ0v) is 17.4. The Morgan fingerprint density at radius 3 is 2.53 bits per heavy atom. The number of carbonyl (C=O) groups is 1. The second-order valence-electron chi connectivity index (χ2n) is 7.07. The van der Waals surface area contributed by atoms with E-state index in [2.05, 4.69) is 9.93 Å². The van der Waals surface area contributed by atoms with Crippen molar-refractivity contribution in [2.45, 2.75) is 23.3 Å². The average molecular weight is 446 g/mol. The number of hydrogen-bond donors (Lipinski definition) is 2. The van der Waals surface area contributed by atoms with Gasteiger partial charge < -0.3 is 10.6 Å². The first-order valence-electron chi connectivity index (χ1n) is 9.28. The van der Waals surface area contributed by atoms with Gasteiger partial charge in [-0.15, -0.1) is 0 Å². The molecular weight excluding hydrogens is 426 g/mol. The Balaban J connectivity index is 1.68. The molecule has 1 aliphatic heterocycles. The maximum atomic E-state index is 13.0. The summed E-state index contributed by atoms with van der Waals surface area (Å²) < 4.78 is 26.0. The minimum absolute atomic E-state index is 0.145. The molecule has 1 fully saturated rings. The van der Waals surface area contributed by atoms with Crippen LogP contribution in [-0.4, -0.2) is 35.8 Å². The normalized spacial score (nSPS) is 19.0. The zero-order valence-electron chi connectivity index (χ0n) is 15.8. The summed E-state index contributed by atoms with van der Waals surface area (Å²) in [6, 6.07) is 14.8. The Hall–Kier alpha value is -3.04. The van der Waals surface area contributed by atoms with Gasteiger partial charge in [-0.3, -0.25) is 0 Å². The predicted octanol–water partition coefficient (Wildman–Crippen LogP) is 3.08. The van der Waals surface area contributed by atoms with Crippen LogP contribution in [0, 0.1) is 0 Å². The highest BCUT2D eigenvalue weighted by atomic mass is 35.5. The number of hydrogen-bond acceptors (Lipinski definition) is 4. The highest BCUT2D eigenvalue weighted by molar-refractivity contribution is 7.92. The van der Waals surface area contributed by atoms with E-state index in [-0.39, 0.29) is 16.9 Å². The van der Waals surface area contributed by atoms with Gasteiger partial charge in [0.15, 0.2) is 0 Å². The summed E-state index contributed by atoms with van der Waals surface area (Å²) in [4.78, 5) is 17.4. The molecule has 3 N–H and O–H groups in total. The van der Waals surface area contributed by atoms with E-state index in [9.17, 15) is 13.2 Å². The van der Waals surface area contributed by atoms with Crippen molar-refractivity contribution in [1.82, 2.24) is 14.8 Å². The molecule has 4 rings (SSSR count). The summed E-state index contributed by atoms with van der Waals surface area (Å²) in [6.45, 7) is 0.316. The zero-order chi connectivity index (χ0) is 21.3. The molecule has 2 heterocycles. The summed E-state index contributed by atoms with van der Waals surface area (Å²) in [5.41, 5.74) is 7.15. The van der Waals surface area contributed by atoms with Crippen LogP contribution in [0.2, 0.25) is 5.02 Å². The molecule has 8 nitrogen and oxygen atoms in total. The van der Waals surface area contributed by atoms with E-state index >= 15 is 0 Å². The molecule has 1 aromatic heterocycles. The first kappa shape index (κ1) is 20.2.